The van der Waals surface area contributed by atoms with Gasteiger partial charge in [0.25, 0.3) is 0 Å². The Hall–Kier alpha value is -1.19. The molecule has 3 rings (SSSR count). The maximum absolute atomic E-state index is 11.7. The zero-order valence-corrected chi connectivity index (χ0v) is 18.9. The zero-order chi connectivity index (χ0) is 21.3. The van der Waals surface area contributed by atoms with Crippen LogP contribution < -0.4 is 11.1 Å². The van der Waals surface area contributed by atoms with E-state index in [4.69, 9.17) is 40.5 Å². The molecular formula is C18H22Cl3N5O2S. The molecule has 0 amide bonds. The Kier molecular flexibility index (Phi) is 6.60. The van der Waals surface area contributed by atoms with Crippen molar-refractivity contribution in [2.45, 2.75) is 46.3 Å². The predicted octanol–water partition coefficient (Wildman–Crippen LogP) is 3.84. The molecule has 1 aromatic heterocycles. The normalized spacial score (nSPS) is 17.1. The molecule has 0 aliphatic heterocycles. The van der Waals surface area contributed by atoms with Crippen LogP contribution in [0.5, 0.6) is 0 Å². The number of nitrogens with one attached hydrogen (secondary N) is 1. The minimum Gasteiger partial charge on any atom is -0.352 e. The largest absolute Gasteiger partial charge is 0.352 e. The van der Waals surface area contributed by atoms with E-state index in [1.165, 1.54) is 18.6 Å². The molecule has 1 heterocycles. The number of aromatic nitrogens is 3. The van der Waals surface area contributed by atoms with Crippen LogP contribution in [-0.2, 0) is 13.6 Å². The van der Waals surface area contributed by atoms with Gasteiger partial charge in [0.05, 0.1) is 4.90 Å². The van der Waals surface area contributed by atoms with E-state index in [2.05, 4.69) is 20.3 Å². The summed E-state index contributed by atoms with van der Waals surface area (Å²) < 4.78 is 21.5. The first-order valence-corrected chi connectivity index (χ1v) is 12.2. The van der Waals surface area contributed by atoms with E-state index in [1.54, 1.807) is 12.1 Å². The molecule has 7 nitrogen and oxygen atoms in total. The summed E-state index contributed by atoms with van der Waals surface area (Å²) in [6.45, 7) is 0.489. The van der Waals surface area contributed by atoms with Crippen LogP contribution in [0.15, 0.2) is 29.2 Å². The van der Waals surface area contributed by atoms with Gasteiger partial charge in [-0.25, -0.2) is 13.4 Å². The molecule has 0 radical (unpaired) electrons. The van der Waals surface area contributed by atoms with Gasteiger partial charge in [0.1, 0.15) is 0 Å². The lowest BCUT2D eigenvalue weighted by atomic mass is 9.82. The number of alkyl halides is 3. The van der Waals surface area contributed by atoms with Gasteiger partial charge in [-0.15, -0.1) is 0 Å². The Morgan fingerprint density at radius 3 is 2.24 bits per heavy atom. The molecule has 1 aromatic carbocycles. The molecule has 0 spiro atoms. The maximum atomic E-state index is 11.7. The number of halogens is 3. The average molecular weight is 479 g/mol. The number of benzene rings is 1. The molecule has 1 fully saturated rings. The van der Waals surface area contributed by atoms with E-state index in [9.17, 15) is 8.42 Å². The zero-order valence-electron chi connectivity index (χ0n) is 15.8. The van der Waals surface area contributed by atoms with Gasteiger partial charge in [0.15, 0.2) is 21.5 Å². The molecule has 0 bridgehead atoms. The van der Waals surface area contributed by atoms with Crippen molar-refractivity contribution in [3.05, 3.63) is 30.1 Å². The van der Waals surface area contributed by atoms with E-state index in [0.717, 1.165) is 31.9 Å². The molecule has 0 saturated heterocycles. The third kappa shape index (κ3) is 5.92. The van der Waals surface area contributed by atoms with Gasteiger partial charge >= 0.3 is 0 Å². The van der Waals surface area contributed by atoms with Crippen LogP contribution in [0.25, 0.3) is 11.4 Å². The highest BCUT2D eigenvalue weighted by Gasteiger charge is 2.30. The van der Waals surface area contributed by atoms with Crippen molar-refractivity contribution < 1.29 is 8.42 Å². The third-order valence-corrected chi connectivity index (χ3v) is 6.51. The summed E-state index contributed by atoms with van der Waals surface area (Å²) in [6.07, 6.45) is 6.35. The van der Waals surface area contributed by atoms with Crippen LogP contribution in [0.4, 0.5) is 5.95 Å². The Morgan fingerprint density at radius 2 is 1.69 bits per heavy atom. The Balaban J connectivity index is 1.91. The second-order valence-electron chi connectivity index (χ2n) is 7.38. The van der Waals surface area contributed by atoms with E-state index in [1.807, 2.05) is 0 Å². The summed E-state index contributed by atoms with van der Waals surface area (Å²) in [5.41, 5.74) is 6.71. The van der Waals surface area contributed by atoms with Crippen molar-refractivity contribution in [2.24, 2.45) is 5.73 Å². The van der Waals surface area contributed by atoms with Crippen molar-refractivity contribution in [3.63, 3.8) is 0 Å². The van der Waals surface area contributed by atoms with Crippen LogP contribution >= 0.6 is 34.8 Å². The van der Waals surface area contributed by atoms with E-state index < -0.39 is 13.6 Å². The van der Waals surface area contributed by atoms with E-state index in [-0.39, 0.29) is 28.0 Å². The van der Waals surface area contributed by atoms with Crippen LogP contribution in [0, 0.1) is 0 Å². The summed E-state index contributed by atoms with van der Waals surface area (Å²) in [4.78, 5) is 13.1. The van der Waals surface area contributed by atoms with Crippen molar-refractivity contribution in [1.29, 1.82) is 0 Å². The number of rotatable bonds is 5. The standard InChI is InChI=1S/C18H22Cl3N5O2S/c1-29(27,28)13-7-5-12(6-8-13)14-24-15(18(19,20)21)26-16(25-14)23-11-17(22)9-3-2-4-10-17/h5-8H,2-4,9-11,22H2,1H3,(H,23,24,25,26). The van der Waals surface area contributed by atoms with Gasteiger partial charge in [-0.1, -0.05) is 54.1 Å². The molecule has 0 atom stereocenters. The number of hydrogen-bond donors (Lipinski definition) is 2. The van der Waals surface area contributed by atoms with Crippen LogP contribution in [0.1, 0.15) is 37.9 Å². The molecule has 158 valence electrons. The minimum atomic E-state index is -3.31. The summed E-state index contributed by atoms with van der Waals surface area (Å²) in [5.74, 6) is 0.481. The van der Waals surface area contributed by atoms with Crippen molar-refractivity contribution >= 4 is 50.6 Å². The summed E-state index contributed by atoms with van der Waals surface area (Å²) >= 11 is 18.0. The second-order valence-corrected chi connectivity index (χ2v) is 11.7. The lowest BCUT2D eigenvalue weighted by Crippen LogP contribution is -2.47. The quantitative estimate of drug-likeness (QED) is 0.628. The van der Waals surface area contributed by atoms with Crippen LogP contribution in [0.2, 0.25) is 0 Å². The maximum Gasteiger partial charge on any atom is 0.250 e. The number of anilines is 1. The minimum absolute atomic E-state index is 0.0306. The number of nitrogens with zero attached hydrogens (tertiary/aromatic N) is 3. The predicted molar refractivity (Wildman–Crippen MR) is 116 cm³/mol. The Bertz CT molecular complexity index is 972. The number of hydrogen-bond acceptors (Lipinski definition) is 7. The molecular weight excluding hydrogens is 457 g/mol. The monoisotopic (exact) mass is 477 g/mol. The van der Waals surface area contributed by atoms with Gasteiger partial charge in [-0.2, -0.15) is 9.97 Å². The topological polar surface area (TPSA) is 111 Å². The lowest BCUT2D eigenvalue weighted by molar-refractivity contribution is 0.310. The first-order valence-electron chi connectivity index (χ1n) is 9.13. The Morgan fingerprint density at radius 1 is 1.07 bits per heavy atom. The molecule has 0 unspecified atom stereocenters. The lowest BCUT2D eigenvalue weighted by Gasteiger charge is -2.33. The highest BCUT2D eigenvalue weighted by Crippen LogP contribution is 2.37. The Labute approximate surface area is 185 Å². The highest BCUT2D eigenvalue weighted by atomic mass is 35.6. The fraction of sp³-hybridized carbons (Fsp3) is 0.500. The number of sulfone groups is 1. The van der Waals surface area contributed by atoms with Crippen molar-refractivity contribution in [1.82, 2.24) is 15.0 Å². The molecule has 3 N–H and O–H groups in total. The smallest absolute Gasteiger partial charge is 0.250 e. The fourth-order valence-corrected chi connectivity index (χ4v) is 4.13. The summed E-state index contributed by atoms with van der Waals surface area (Å²) in [5, 5.41) is 3.15. The van der Waals surface area contributed by atoms with E-state index >= 15 is 0 Å². The van der Waals surface area contributed by atoms with E-state index in [0.29, 0.717) is 12.1 Å². The first kappa shape index (κ1) is 22.5. The summed E-state index contributed by atoms with van der Waals surface area (Å²) in [7, 11) is -3.31. The molecule has 11 heteroatoms. The van der Waals surface area contributed by atoms with Gasteiger partial charge in [-0.3, -0.25) is 0 Å². The van der Waals surface area contributed by atoms with Gasteiger partial charge in [0, 0.05) is 23.9 Å². The van der Waals surface area contributed by atoms with Crippen molar-refractivity contribution in [3.8, 4) is 11.4 Å². The van der Waals surface area contributed by atoms with Gasteiger partial charge in [0.2, 0.25) is 9.74 Å². The van der Waals surface area contributed by atoms with Crippen LogP contribution in [0.3, 0.4) is 0 Å². The van der Waals surface area contributed by atoms with Gasteiger partial charge in [-0.05, 0) is 37.1 Å². The molecule has 1 aliphatic carbocycles. The molecule has 1 aliphatic rings. The van der Waals surface area contributed by atoms with Crippen LogP contribution in [-0.4, -0.2) is 41.7 Å². The summed E-state index contributed by atoms with van der Waals surface area (Å²) in [6, 6.07) is 6.16. The molecule has 2 aromatic rings. The number of nitrogens with two attached hydrogens (primary N) is 1. The molecule has 29 heavy (non-hydrogen) atoms. The SMILES string of the molecule is CS(=O)(=O)c1ccc(-c2nc(NCC3(N)CCCCC3)nc(C(Cl)(Cl)Cl)n2)cc1. The van der Waals surface area contributed by atoms with Crippen molar-refractivity contribution in [2.75, 3.05) is 18.1 Å². The highest BCUT2D eigenvalue weighted by molar-refractivity contribution is 7.90. The first-order chi connectivity index (χ1) is 13.5. The third-order valence-electron chi connectivity index (χ3n) is 4.88. The average Bonchev–Trinajstić information content (AvgIpc) is 2.66. The fourth-order valence-electron chi connectivity index (χ4n) is 3.25. The molecule has 1 saturated carbocycles. The van der Waals surface area contributed by atoms with Gasteiger partial charge < -0.3 is 11.1 Å². The second kappa shape index (κ2) is 8.51.